The number of benzene rings is 2. The smallest absolute Gasteiger partial charge is 0.369 e. The third-order valence-corrected chi connectivity index (χ3v) is 5.29. The van der Waals surface area contributed by atoms with Gasteiger partial charge in [0, 0.05) is 38.3 Å². The van der Waals surface area contributed by atoms with E-state index in [-0.39, 0.29) is 0 Å². The number of aliphatic imine (C=N–C) groups is 1. The molecular weight excluding hydrogens is 351 g/mol. The molecule has 27 heavy (non-hydrogen) atoms. The van der Waals surface area contributed by atoms with E-state index in [0.29, 0.717) is 23.3 Å². The number of alkyl halides is 3. The Bertz CT molecular complexity index is 894. The topological polar surface area (TPSA) is 18.8 Å². The first-order chi connectivity index (χ1) is 12.8. The summed E-state index contributed by atoms with van der Waals surface area (Å²) in [5.74, 6) is 0. The van der Waals surface area contributed by atoms with Gasteiger partial charge in [-0.15, -0.1) is 0 Å². The lowest BCUT2D eigenvalue weighted by Gasteiger charge is -2.34. The lowest BCUT2D eigenvalue weighted by molar-refractivity contribution is -0.137. The Morgan fingerprint density at radius 1 is 0.963 bits per heavy atom. The second kappa shape index (κ2) is 6.68. The molecule has 0 aliphatic carbocycles. The number of aryl methyl sites for hydroxylation is 1. The fourth-order valence-electron chi connectivity index (χ4n) is 3.71. The van der Waals surface area contributed by atoms with Crippen molar-refractivity contribution in [2.24, 2.45) is 4.99 Å². The van der Waals surface area contributed by atoms with Gasteiger partial charge in [-0.2, -0.15) is 13.2 Å². The molecule has 2 aromatic rings. The highest BCUT2D eigenvalue weighted by Crippen LogP contribution is 2.35. The Balaban J connectivity index is 1.62. The highest BCUT2D eigenvalue weighted by atomic mass is 19.4. The zero-order valence-electron chi connectivity index (χ0n) is 15.5. The number of fused-ring (bicyclic) bond motifs is 1. The molecule has 1 fully saturated rings. The van der Waals surface area contributed by atoms with E-state index in [1.807, 2.05) is 0 Å². The average Bonchev–Trinajstić information content (AvgIpc) is 3.04. The van der Waals surface area contributed by atoms with Crippen LogP contribution >= 0.6 is 0 Å². The number of hydrogen-bond acceptors (Lipinski definition) is 3. The van der Waals surface area contributed by atoms with Gasteiger partial charge in [-0.25, -0.2) is 0 Å². The molecular formula is C21H22F3N3. The van der Waals surface area contributed by atoms with Crippen LogP contribution in [0.1, 0.15) is 22.3 Å². The first kappa shape index (κ1) is 18.0. The summed E-state index contributed by atoms with van der Waals surface area (Å²) in [6.45, 7) is 5.68. The summed E-state index contributed by atoms with van der Waals surface area (Å²) in [6, 6.07) is 10.4. The van der Waals surface area contributed by atoms with Crippen LogP contribution < -0.4 is 4.90 Å². The van der Waals surface area contributed by atoms with E-state index in [1.54, 1.807) is 13.0 Å². The predicted octanol–water partition coefficient (Wildman–Crippen LogP) is 4.44. The fourth-order valence-corrected chi connectivity index (χ4v) is 3.71. The van der Waals surface area contributed by atoms with Crippen molar-refractivity contribution >= 4 is 17.1 Å². The van der Waals surface area contributed by atoms with Crippen molar-refractivity contribution in [3.8, 4) is 0 Å². The van der Waals surface area contributed by atoms with E-state index in [4.69, 9.17) is 0 Å². The summed E-state index contributed by atoms with van der Waals surface area (Å²) < 4.78 is 39.4. The third kappa shape index (κ3) is 3.72. The van der Waals surface area contributed by atoms with Gasteiger partial charge in [-0.1, -0.05) is 12.1 Å². The first-order valence-electron chi connectivity index (χ1n) is 9.13. The summed E-state index contributed by atoms with van der Waals surface area (Å²) >= 11 is 0. The maximum atomic E-state index is 13.1. The van der Waals surface area contributed by atoms with Gasteiger partial charge < -0.3 is 9.80 Å². The van der Waals surface area contributed by atoms with Crippen LogP contribution in [0.5, 0.6) is 0 Å². The van der Waals surface area contributed by atoms with Gasteiger partial charge in [0.2, 0.25) is 0 Å². The molecule has 4 rings (SSSR count). The number of piperazine rings is 1. The quantitative estimate of drug-likeness (QED) is 0.775. The Hall–Kier alpha value is -2.34. The van der Waals surface area contributed by atoms with E-state index in [2.05, 4.69) is 40.0 Å². The molecule has 2 aromatic carbocycles. The minimum atomic E-state index is -4.35. The van der Waals surface area contributed by atoms with Crippen LogP contribution in [-0.2, 0) is 12.6 Å². The minimum absolute atomic E-state index is 0.555. The van der Waals surface area contributed by atoms with Crippen molar-refractivity contribution < 1.29 is 13.2 Å². The molecule has 2 heterocycles. The standard InChI is InChI=1S/C21H22F3N3/c1-14-9-16(11-17(10-14)21(22,23)24)19-12-15-3-4-18(13-20(15)25-19)27-7-5-26(2)6-8-27/h3-4,9-11,13H,5-8,12H2,1-2H3. The lowest BCUT2D eigenvalue weighted by atomic mass is 9.99. The molecule has 0 aromatic heterocycles. The number of anilines is 1. The number of likely N-dealkylation sites (N-methyl/N-ethyl adjacent to an activating group) is 1. The van der Waals surface area contributed by atoms with Crippen LogP contribution in [-0.4, -0.2) is 43.8 Å². The van der Waals surface area contributed by atoms with Crippen molar-refractivity contribution in [1.29, 1.82) is 0 Å². The van der Waals surface area contributed by atoms with E-state index in [9.17, 15) is 13.2 Å². The van der Waals surface area contributed by atoms with Crippen LogP contribution in [0.4, 0.5) is 24.5 Å². The van der Waals surface area contributed by atoms with Gasteiger partial charge in [0.1, 0.15) is 0 Å². The van der Waals surface area contributed by atoms with Gasteiger partial charge in [-0.3, -0.25) is 4.99 Å². The highest BCUT2D eigenvalue weighted by Gasteiger charge is 2.31. The SMILES string of the molecule is Cc1cc(C2=Nc3cc(N4CCN(C)CC4)ccc3C2)cc(C(F)(F)F)c1. The molecule has 3 nitrogen and oxygen atoms in total. The average molecular weight is 373 g/mol. The van der Waals surface area contributed by atoms with Crippen molar-refractivity contribution in [3.63, 3.8) is 0 Å². The van der Waals surface area contributed by atoms with Crippen molar-refractivity contribution in [1.82, 2.24) is 4.90 Å². The van der Waals surface area contributed by atoms with Crippen LogP contribution in [0.15, 0.2) is 41.4 Å². The number of hydrogen-bond donors (Lipinski definition) is 0. The van der Waals surface area contributed by atoms with Gasteiger partial charge in [0.15, 0.2) is 0 Å². The summed E-state index contributed by atoms with van der Waals surface area (Å²) in [4.78, 5) is 9.31. The van der Waals surface area contributed by atoms with E-state index >= 15 is 0 Å². The summed E-state index contributed by atoms with van der Waals surface area (Å²) in [5, 5.41) is 0. The molecule has 142 valence electrons. The molecule has 2 aliphatic rings. The molecule has 0 N–H and O–H groups in total. The number of nitrogens with zero attached hydrogens (tertiary/aromatic N) is 3. The van der Waals surface area contributed by atoms with E-state index < -0.39 is 11.7 Å². The second-order valence-corrected chi connectivity index (χ2v) is 7.42. The minimum Gasteiger partial charge on any atom is -0.369 e. The molecule has 1 saturated heterocycles. The Morgan fingerprint density at radius 2 is 1.70 bits per heavy atom. The van der Waals surface area contributed by atoms with Crippen LogP contribution in [0.3, 0.4) is 0 Å². The molecule has 2 aliphatic heterocycles. The largest absolute Gasteiger partial charge is 0.416 e. The first-order valence-corrected chi connectivity index (χ1v) is 9.13. The van der Waals surface area contributed by atoms with E-state index in [1.165, 1.54) is 12.1 Å². The Labute approximate surface area is 157 Å². The van der Waals surface area contributed by atoms with Crippen molar-refractivity contribution in [2.75, 3.05) is 38.1 Å². The third-order valence-electron chi connectivity index (χ3n) is 5.29. The molecule has 0 bridgehead atoms. The lowest BCUT2D eigenvalue weighted by Crippen LogP contribution is -2.44. The maximum absolute atomic E-state index is 13.1. The number of rotatable bonds is 2. The second-order valence-electron chi connectivity index (χ2n) is 7.42. The van der Waals surface area contributed by atoms with Gasteiger partial charge in [0.05, 0.1) is 17.0 Å². The predicted molar refractivity (Wildman–Crippen MR) is 102 cm³/mol. The normalized spacial score (nSPS) is 17.8. The summed E-state index contributed by atoms with van der Waals surface area (Å²) in [7, 11) is 2.12. The van der Waals surface area contributed by atoms with Crippen LogP contribution in [0, 0.1) is 6.92 Å². The Kier molecular flexibility index (Phi) is 4.46. The molecule has 0 spiro atoms. The molecule has 0 saturated carbocycles. The van der Waals surface area contributed by atoms with E-state index in [0.717, 1.165) is 43.1 Å². The summed E-state index contributed by atoms with van der Waals surface area (Å²) in [6.07, 6.45) is -3.78. The zero-order chi connectivity index (χ0) is 19.2. The monoisotopic (exact) mass is 373 g/mol. The molecule has 6 heteroatoms. The van der Waals surface area contributed by atoms with Crippen molar-refractivity contribution in [3.05, 3.63) is 58.7 Å². The van der Waals surface area contributed by atoms with Gasteiger partial charge in [0.25, 0.3) is 0 Å². The molecule has 0 unspecified atom stereocenters. The Morgan fingerprint density at radius 3 is 2.41 bits per heavy atom. The van der Waals surface area contributed by atoms with Crippen LogP contribution in [0.25, 0.3) is 0 Å². The fraction of sp³-hybridized carbons (Fsp3) is 0.381. The maximum Gasteiger partial charge on any atom is 0.416 e. The zero-order valence-corrected chi connectivity index (χ0v) is 15.5. The number of halogens is 3. The summed E-state index contributed by atoms with van der Waals surface area (Å²) in [5.41, 5.74) is 4.31. The highest BCUT2D eigenvalue weighted by molar-refractivity contribution is 6.07. The van der Waals surface area contributed by atoms with Gasteiger partial charge >= 0.3 is 6.18 Å². The molecule has 0 radical (unpaired) electrons. The van der Waals surface area contributed by atoms with Gasteiger partial charge in [-0.05, 0) is 54.9 Å². The molecule has 0 amide bonds. The van der Waals surface area contributed by atoms with Crippen LogP contribution in [0.2, 0.25) is 0 Å². The van der Waals surface area contributed by atoms with Crippen molar-refractivity contribution in [2.45, 2.75) is 19.5 Å². The molecule has 0 atom stereocenters.